The van der Waals surface area contributed by atoms with Gasteiger partial charge in [0.15, 0.2) is 0 Å². The number of aromatic nitrogens is 2. The van der Waals surface area contributed by atoms with Crippen LogP contribution >= 0.6 is 11.3 Å². The molecule has 0 saturated carbocycles. The maximum Gasteiger partial charge on any atom is 0.303 e. The van der Waals surface area contributed by atoms with E-state index in [4.69, 9.17) is 9.84 Å². The first-order valence-corrected chi connectivity index (χ1v) is 8.82. The van der Waals surface area contributed by atoms with Gasteiger partial charge >= 0.3 is 5.97 Å². The van der Waals surface area contributed by atoms with Crippen molar-refractivity contribution in [2.24, 2.45) is 0 Å². The van der Waals surface area contributed by atoms with Gasteiger partial charge in [-0.15, -0.1) is 11.3 Å². The molecule has 0 fully saturated rings. The van der Waals surface area contributed by atoms with Crippen LogP contribution in [0.25, 0.3) is 21.3 Å². The molecule has 7 heteroatoms. The van der Waals surface area contributed by atoms with Crippen molar-refractivity contribution in [3.05, 3.63) is 35.5 Å². The van der Waals surface area contributed by atoms with Crippen molar-refractivity contribution < 1.29 is 14.6 Å². The maximum absolute atomic E-state index is 10.7. The molecule has 0 amide bonds. The number of carboxylic acid groups (broad SMARTS) is 1. The molecule has 6 nitrogen and oxygen atoms in total. The van der Waals surface area contributed by atoms with Crippen LogP contribution in [-0.2, 0) is 4.79 Å². The summed E-state index contributed by atoms with van der Waals surface area (Å²) < 4.78 is 5.22. The first-order valence-electron chi connectivity index (χ1n) is 7.94. The second kappa shape index (κ2) is 7.48. The van der Waals surface area contributed by atoms with Gasteiger partial charge < -0.3 is 15.2 Å². The second-order valence-electron chi connectivity index (χ2n) is 5.60. The fraction of sp³-hybridized carbons (Fsp3) is 0.278. The number of ether oxygens (including phenoxy) is 1. The zero-order chi connectivity index (χ0) is 17.8. The van der Waals surface area contributed by atoms with Gasteiger partial charge in [-0.05, 0) is 31.0 Å². The summed E-state index contributed by atoms with van der Waals surface area (Å²) in [5, 5.41) is 15.1. The summed E-state index contributed by atoms with van der Waals surface area (Å²) in [4.78, 5) is 20.6. The van der Waals surface area contributed by atoms with Crippen LogP contribution in [0.2, 0.25) is 0 Å². The molecule has 2 heterocycles. The molecule has 0 aliphatic carbocycles. The molecule has 0 radical (unpaired) electrons. The molecule has 3 rings (SSSR count). The summed E-state index contributed by atoms with van der Waals surface area (Å²) in [6.45, 7) is 2.41. The van der Waals surface area contributed by atoms with Gasteiger partial charge in [-0.25, -0.2) is 9.97 Å². The third kappa shape index (κ3) is 3.88. The molecule has 25 heavy (non-hydrogen) atoms. The summed E-state index contributed by atoms with van der Waals surface area (Å²) in [5.74, 6) is 1.46. The Morgan fingerprint density at radius 3 is 2.72 bits per heavy atom. The second-order valence-corrected chi connectivity index (χ2v) is 6.46. The lowest BCUT2D eigenvalue weighted by Crippen LogP contribution is -2.07. The van der Waals surface area contributed by atoms with Gasteiger partial charge in [-0.3, -0.25) is 4.79 Å². The molecule has 130 valence electrons. The van der Waals surface area contributed by atoms with E-state index in [0.29, 0.717) is 18.8 Å². The Kier molecular flexibility index (Phi) is 5.14. The summed E-state index contributed by atoms with van der Waals surface area (Å²) in [5.41, 5.74) is 2.12. The molecule has 2 aromatic heterocycles. The number of aliphatic carboxylic acids is 1. The molecule has 0 aliphatic rings. The Balaban J connectivity index is 1.95. The fourth-order valence-corrected chi connectivity index (χ4v) is 3.60. The Bertz CT molecular complexity index is 890. The summed E-state index contributed by atoms with van der Waals surface area (Å²) in [7, 11) is 1.64. The maximum atomic E-state index is 10.7. The quantitative estimate of drug-likeness (QED) is 0.623. The average molecular weight is 357 g/mol. The minimum Gasteiger partial charge on any atom is -0.497 e. The molecule has 0 unspecified atom stereocenters. The predicted molar refractivity (Wildman–Crippen MR) is 99.5 cm³/mol. The van der Waals surface area contributed by atoms with Crippen LogP contribution < -0.4 is 10.1 Å². The number of hydrogen-bond donors (Lipinski definition) is 2. The molecular weight excluding hydrogens is 338 g/mol. The lowest BCUT2D eigenvalue weighted by molar-refractivity contribution is -0.137. The monoisotopic (exact) mass is 357 g/mol. The van der Waals surface area contributed by atoms with Gasteiger partial charge in [0.1, 0.15) is 22.2 Å². The van der Waals surface area contributed by atoms with Gasteiger partial charge in [-0.2, -0.15) is 0 Å². The van der Waals surface area contributed by atoms with Gasteiger partial charge in [-0.1, -0.05) is 12.1 Å². The Labute approximate surface area is 149 Å². The average Bonchev–Trinajstić information content (AvgIpc) is 3.02. The van der Waals surface area contributed by atoms with Crippen molar-refractivity contribution in [1.82, 2.24) is 9.97 Å². The van der Waals surface area contributed by atoms with E-state index in [-0.39, 0.29) is 6.42 Å². The number of aryl methyl sites for hydroxylation is 1. The number of carboxylic acids is 1. The lowest BCUT2D eigenvalue weighted by Gasteiger charge is -2.09. The number of thiophene rings is 1. The van der Waals surface area contributed by atoms with Crippen LogP contribution in [-0.4, -0.2) is 34.7 Å². The predicted octanol–water partition coefficient (Wildman–Crippen LogP) is 3.95. The first kappa shape index (κ1) is 17.2. The van der Waals surface area contributed by atoms with Gasteiger partial charge in [0.05, 0.1) is 12.5 Å². The highest BCUT2D eigenvalue weighted by Gasteiger charge is 2.14. The highest BCUT2D eigenvalue weighted by Crippen LogP contribution is 2.37. The number of benzene rings is 1. The minimum absolute atomic E-state index is 0.134. The topological polar surface area (TPSA) is 84.3 Å². The van der Waals surface area contributed by atoms with E-state index in [2.05, 4.69) is 20.7 Å². The molecule has 1 aromatic carbocycles. The number of anilines is 1. The van der Waals surface area contributed by atoms with E-state index in [9.17, 15) is 4.79 Å². The summed E-state index contributed by atoms with van der Waals surface area (Å²) in [6.07, 6.45) is 0.678. The van der Waals surface area contributed by atoms with Crippen molar-refractivity contribution in [2.75, 3.05) is 19.0 Å². The van der Waals surface area contributed by atoms with Crippen molar-refractivity contribution >= 4 is 33.3 Å². The zero-order valence-corrected chi connectivity index (χ0v) is 14.9. The molecule has 0 atom stereocenters. The van der Waals surface area contributed by atoms with Gasteiger partial charge in [0.25, 0.3) is 0 Å². The Morgan fingerprint density at radius 1 is 1.28 bits per heavy atom. The largest absolute Gasteiger partial charge is 0.497 e. The van der Waals surface area contributed by atoms with Crippen molar-refractivity contribution in [3.8, 4) is 16.9 Å². The SMILES string of the molecule is COc1ccc(-c2csc3nc(C)nc(NCCCC(=O)O)c23)cc1. The van der Waals surface area contributed by atoms with E-state index < -0.39 is 5.97 Å². The van der Waals surface area contributed by atoms with Crippen molar-refractivity contribution in [2.45, 2.75) is 19.8 Å². The zero-order valence-electron chi connectivity index (χ0n) is 14.1. The number of fused-ring (bicyclic) bond motifs is 1. The Morgan fingerprint density at radius 2 is 2.04 bits per heavy atom. The smallest absolute Gasteiger partial charge is 0.303 e. The first-order chi connectivity index (χ1) is 12.1. The van der Waals surface area contributed by atoms with Crippen LogP contribution in [0.4, 0.5) is 5.82 Å². The molecule has 0 spiro atoms. The number of rotatable bonds is 7. The third-order valence-corrected chi connectivity index (χ3v) is 4.68. The highest BCUT2D eigenvalue weighted by atomic mass is 32.1. The van der Waals surface area contributed by atoms with E-state index in [1.807, 2.05) is 31.2 Å². The van der Waals surface area contributed by atoms with E-state index in [1.54, 1.807) is 18.4 Å². The lowest BCUT2D eigenvalue weighted by atomic mass is 10.1. The Hall–Kier alpha value is -2.67. The number of carbonyl (C=O) groups is 1. The van der Waals surface area contributed by atoms with Gasteiger partial charge in [0.2, 0.25) is 0 Å². The van der Waals surface area contributed by atoms with E-state index in [0.717, 1.165) is 32.9 Å². The number of methoxy groups -OCH3 is 1. The van der Waals surface area contributed by atoms with Crippen molar-refractivity contribution in [1.29, 1.82) is 0 Å². The molecular formula is C18H19N3O3S. The third-order valence-electron chi connectivity index (χ3n) is 3.81. The number of hydrogen-bond acceptors (Lipinski definition) is 6. The highest BCUT2D eigenvalue weighted by molar-refractivity contribution is 7.17. The number of nitrogens with one attached hydrogen (secondary N) is 1. The van der Waals surface area contributed by atoms with Crippen LogP contribution in [0.1, 0.15) is 18.7 Å². The van der Waals surface area contributed by atoms with E-state index >= 15 is 0 Å². The minimum atomic E-state index is -0.791. The van der Waals surface area contributed by atoms with E-state index in [1.165, 1.54) is 0 Å². The van der Waals surface area contributed by atoms with Crippen LogP contribution in [0.15, 0.2) is 29.6 Å². The van der Waals surface area contributed by atoms with Crippen LogP contribution in [0, 0.1) is 6.92 Å². The molecule has 2 N–H and O–H groups in total. The molecule has 0 saturated heterocycles. The van der Waals surface area contributed by atoms with Crippen LogP contribution in [0.3, 0.4) is 0 Å². The standard InChI is InChI=1S/C18H19N3O3S/c1-11-20-17(19-9-3-4-15(22)23)16-14(10-25-18(16)21-11)12-5-7-13(24-2)8-6-12/h5-8,10H,3-4,9H2,1-2H3,(H,22,23)(H,19,20,21). The van der Waals surface area contributed by atoms with Crippen LogP contribution in [0.5, 0.6) is 5.75 Å². The fourth-order valence-electron chi connectivity index (χ4n) is 2.61. The molecule has 3 aromatic rings. The normalized spacial score (nSPS) is 10.8. The number of nitrogens with zero attached hydrogens (tertiary/aromatic N) is 2. The summed E-state index contributed by atoms with van der Waals surface area (Å²) in [6, 6.07) is 7.87. The summed E-state index contributed by atoms with van der Waals surface area (Å²) >= 11 is 1.57. The molecule has 0 aliphatic heterocycles. The molecule has 0 bridgehead atoms. The van der Waals surface area contributed by atoms with Crippen molar-refractivity contribution in [3.63, 3.8) is 0 Å². The van der Waals surface area contributed by atoms with Gasteiger partial charge in [0, 0.05) is 23.9 Å².